The number of hydrogen-bond donors (Lipinski definition) is 1. The Morgan fingerprint density at radius 2 is 2.15 bits per heavy atom. The second kappa shape index (κ2) is 6.04. The summed E-state index contributed by atoms with van der Waals surface area (Å²) in [6.45, 7) is 5.32. The van der Waals surface area contributed by atoms with Gasteiger partial charge in [-0.3, -0.25) is 0 Å². The Hall–Kier alpha value is -1.23. The van der Waals surface area contributed by atoms with Gasteiger partial charge in [0.25, 0.3) is 0 Å². The third-order valence-electron chi connectivity index (χ3n) is 3.46. The van der Waals surface area contributed by atoms with Crippen LogP contribution in [0.4, 0.5) is 0 Å². The fourth-order valence-corrected chi connectivity index (χ4v) is 4.30. The predicted molar refractivity (Wildman–Crippen MR) is 88.8 cm³/mol. The molecule has 2 heterocycles. The maximum absolute atomic E-state index is 4.42. The molecule has 0 fully saturated rings. The van der Waals surface area contributed by atoms with E-state index in [1.165, 1.54) is 20.5 Å². The summed E-state index contributed by atoms with van der Waals surface area (Å²) in [4.78, 5) is 5.75. The normalized spacial score (nSPS) is 12.9. The van der Waals surface area contributed by atoms with Crippen LogP contribution in [0.1, 0.15) is 35.5 Å². The molecule has 0 radical (unpaired) electrons. The van der Waals surface area contributed by atoms with Gasteiger partial charge in [-0.1, -0.05) is 25.1 Å². The zero-order chi connectivity index (χ0) is 13.9. The van der Waals surface area contributed by atoms with E-state index in [-0.39, 0.29) is 6.04 Å². The van der Waals surface area contributed by atoms with Crippen molar-refractivity contribution in [2.45, 2.75) is 26.3 Å². The number of aryl methyl sites for hydroxylation is 1. The molecule has 0 bridgehead atoms. The summed E-state index contributed by atoms with van der Waals surface area (Å²) < 4.78 is 1.38. The van der Waals surface area contributed by atoms with Gasteiger partial charge in [-0.05, 0) is 42.3 Å². The summed E-state index contributed by atoms with van der Waals surface area (Å²) in [7, 11) is 0. The maximum atomic E-state index is 4.42. The first-order chi connectivity index (χ1) is 9.81. The number of aromatic nitrogens is 1. The highest BCUT2D eigenvalue weighted by molar-refractivity contribution is 7.17. The average Bonchev–Trinajstić information content (AvgIpc) is 3.09. The molecular weight excluding hydrogens is 284 g/mol. The number of thiazole rings is 1. The molecule has 2 aromatic heterocycles. The Balaban J connectivity index is 2.09. The molecule has 0 aliphatic heterocycles. The van der Waals surface area contributed by atoms with Crippen LogP contribution < -0.4 is 5.32 Å². The van der Waals surface area contributed by atoms with Crippen molar-refractivity contribution in [3.63, 3.8) is 0 Å². The number of rotatable bonds is 5. The Morgan fingerprint density at radius 1 is 1.25 bits per heavy atom. The van der Waals surface area contributed by atoms with Crippen molar-refractivity contribution in [1.29, 1.82) is 0 Å². The van der Waals surface area contributed by atoms with Crippen molar-refractivity contribution in [3.05, 3.63) is 51.3 Å². The van der Waals surface area contributed by atoms with Crippen LogP contribution in [-0.2, 0) is 0 Å². The minimum atomic E-state index is 0.254. The highest BCUT2D eigenvalue weighted by Crippen LogP contribution is 2.34. The van der Waals surface area contributed by atoms with Crippen molar-refractivity contribution in [2.24, 2.45) is 0 Å². The monoisotopic (exact) mass is 302 g/mol. The molecule has 1 atom stereocenters. The van der Waals surface area contributed by atoms with E-state index in [9.17, 15) is 0 Å². The largest absolute Gasteiger partial charge is 0.305 e. The van der Waals surface area contributed by atoms with Gasteiger partial charge in [-0.2, -0.15) is 0 Å². The SMILES string of the molecule is CCCNC(c1scnc1C)c1cccc2ccsc12. The summed E-state index contributed by atoms with van der Waals surface area (Å²) in [5.74, 6) is 0. The van der Waals surface area contributed by atoms with Gasteiger partial charge in [0.1, 0.15) is 0 Å². The highest BCUT2D eigenvalue weighted by Gasteiger charge is 2.20. The number of fused-ring (bicyclic) bond motifs is 1. The zero-order valence-corrected chi connectivity index (χ0v) is 13.4. The molecule has 4 heteroatoms. The number of hydrogen-bond acceptors (Lipinski definition) is 4. The van der Waals surface area contributed by atoms with E-state index in [4.69, 9.17) is 0 Å². The standard InChI is InChI=1S/C16H18N2S2/c1-3-8-17-14(15-11(2)18-10-20-15)13-6-4-5-12-7-9-19-16(12)13/h4-7,9-10,14,17H,3,8H2,1-2H3. The maximum Gasteiger partial charge on any atom is 0.0798 e. The van der Waals surface area contributed by atoms with Crippen molar-refractivity contribution < 1.29 is 0 Å². The van der Waals surface area contributed by atoms with E-state index < -0.39 is 0 Å². The van der Waals surface area contributed by atoms with Gasteiger partial charge < -0.3 is 5.32 Å². The van der Waals surface area contributed by atoms with E-state index in [1.807, 2.05) is 16.8 Å². The molecule has 0 aliphatic carbocycles. The molecule has 0 spiro atoms. The predicted octanol–water partition coefficient (Wildman–Crippen LogP) is 4.76. The van der Waals surface area contributed by atoms with E-state index in [1.54, 1.807) is 11.3 Å². The third kappa shape index (κ3) is 2.51. The van der Waals surface area contributed by atoms with E-state index in [0.717, 1.165) is 18.7 Å². The molecule has 1 unspecified atom stereocenters. The van der Waals surface area contributed by atoms with Crippen LogP contribution in [0.15, 0.2) is 35.2 Å². The number of nitrogens with zero attached hydrogens (tertiary/aromatic N) is 1. The van der Waals surface area contributed by atoms with Crippen molar-refractivity contribution >= 4 is 32.8 Å². The van der Waals surface area contributed by atoms with Crippen molar-refractivity contribution in [3.8, 4) is 0 Å². The van der Waals surface area contributed by atoms with Gasteiger partial charge in [0.05, 0.1) is 17.2 Å². The lowest BCUT2D eigenvalue weighted by molar-refractivity contribution is 0.606. The second-order valence-electron chi connectivity index (χ2n) is 4.88. The van der Waals surface area contributed by atoms with E-state index in [0.29, 0.717) is 0 Å². The highest BCUT2D eigenvalue weighted by atomic mass is 32.1. The third-order valence-corrected chi connectivity index (χ3v) is 5.44. The number of benzene rings is 1. The molecule has 1 N–H and O–H groups in total. The molecule has 0 amide bonds. The second-order valence-corrected chi connectivity index (χ2v) is 6.68. The molecule has 104 valence electrons. The molecule has 0 saturated heterocycles. The summed E-state index contributed by atoms with van der Waals surface area (Å²) in [6, 6.07) is 9.03. The minimum absolute atomic E-state index is 0.254. The zero-order valence-electron chi connectivity index (χ0n) is 11.7. The number of thiophene rings is 1. The van der Waals surface area contributed by atoms with Gasteiger partial charge in [0.2, 0.25) is 0 Å². The van der Waals surface area contributed by atoms with Crippen molar-refractivity contribution in [1.82, 2.24) is 10.3 Å². The topological polar surface area (TPSA) is 24.9 Å². The van der Waals surface area contributed by atoms with Gasteiger partial charge >= 0.3 is 0 Å². The summed E-state index contributed by atoms with van der Waals surface area (Å²) in [5.41, 5.74) is 4.45. The molecule has 3 rings (SSSR count). The summed E-state index contributed by atoms with van der Waals surface area (Å²) in [6.07, 6.45) is 1.13. The van der Waals surface area contributed by atoms with Gasteiger partial charge in [-0.15, -0.1) is 22.7 Å². The van der Waals surface area contributed by atoms with Crippen LogP contribution in [-0.4, -0.2) is 11.5 Å². The first kappa shape index (κ1) is 13.7. The molecule has 1 aromatic carbocycles. The van der Waals surface area contributed by atoms with Crippen LogP contribution in [0.3, 0.4) is 0 Å². The Bertz CT molecular complexity index is 699. The van der Waals surface area contributed by atoms with Gasteiger partial charge in [0, 0.05) is 9.58 Å². The first-order valence-electron chi connectivity index (χ1n) is 6.90. The lowest BCUT2D eigenvalue weighted by atomic mass is 10.0. The summed E-state index contributed by atoms with van der Waals surface area (Å²) in [5, 5.41) is 7.19. The fourth-order valence-electron chi connectivity index (χ4n) is 2.46. The molecule has 20 heavy (non-hydrogen) atoms. The van der Waals surface area contributed by atoms with Crippen LogP contribution >= 0.6 is 22.7 Å². The van der Waals surface area contributed by atoms with Gasteiger partial charge in [-0.25, -0.2) is 4.98 Å². The quantitative estimate of drug-likeness (QED) is 0.735. The van der Waals surface area contributed by atoms with Gasteiger partial charge in [0.15, 0.2) is 0 Å². The van der Waals surface area contributed by atoms with E-state index in [2.05, 4.69) is 53.8 Å². The fraction of sp³-hybridized carbons (Fsp3) is 0.312. The molecule has 0 aliphatic rings. The molecular formula is C16H18N2S2. The Kier molecular flexibility index (Phi) is 4.15. The smallest absolute Gasteiger partial charge is 0.0798 e. The average molecular weight is 302 g/mol. The van der Waals surface area contributed by atoms with Crippen molar-refractivity contribution in [2.75, 3.05) is 6.54 Å². The molecule has 2 nitrogen and oxygen atoms in total. The lowest BCUT2D eigenvalue weighted by Gasteiger charge is -2.19. The first-order valence-corrected chi connectivity index (χ1v) is 8.66. The molecule has 3 aromatic rings. The number of nitrogens with one attached hydrogen (secondary N) is 1. The van der Waals surface area contributed by atoms with Crippen LogP contribution in [0.25, 0.3) is 10.1 Å². The Labute approximate surface area is 127 Å². The minimum Gasteiger partial charge on any atom is -0.305 e. The van der Waals surface area contributed by atoms with Crippen LogP contribution in [0.2, 0.25) is 0 Å². The summed E-state index contributed by atoms with van der Waals surface area (Å²) >= 11 is 3.57. The van der Waals surface area contributed by atoms with Crippen LogP contribution in [0, 0.1) is 6.92 Å². The molecule has 0 saturated carbocycles. The van der Waals surface area contributed by atoms with Crippen LogP contribution in [0.5, 0.6) is 0 Å². The van der Waals surface area contributed by atoms with E-state index >= 15 is 0 Å². The lowest BCUT2D eigenvalue weighted by Crippen LogP contribution is -2.23. The Morgan fingerprint density at radius 3 is 2.90 bits per heavy atom.